The number of ether oxygens (including phenoxy) is 2. The molecular formula is C25H32N2O4. The zero-order valence-electron chi connectivity index (χ0n) is 18.6. The minimum absolute atomic E-state index is 0.0828. The number of esters is 1. The molecule has 1 amide bonds. The topological polar surface area (TPSA) is 67.9 Å². The summed E-state index contributed by atoms with van der Waals surface area (Å²) in [5.41, 5.74) is 2.44. The van der Waals surface area contributed by atoms with E-state index in [0.29, 0.717) is 19.6 Å². The third kappa shape index (κ3) is 6.07. The van der Waals surface area contributed by atoms with Crippen molar-refractivity contribution in [3.05, 3.63) is 59.7 Å². The lowest BCUT2D eigenvalue weighted by atomic mass is 9.75. The molecule has 166 valence electrons. The van der Waals surface area contributed by atoms with Crippen LogP contribution in [0.2, 0.25) is 0 Å². The van der Waals surface area contributed by atoms with Gasteiger partial charge in [0, 0.05) is 25.7 Å². The Balaban J connectivity index is 1.76. The van der Waals surface area contributed by atoms with E-state index < -0.39 is 5.41 Å². The average molecular weight is 425 g/mol. The van der Waals surface area contributed by atoms with E-state index in [0.717, 1.165) is 48.5 Å². The molecule has 1 atom stereocenters. The smallest absolute Gasteiger partial charge is 0.313 e. The summed E-state index contributed by atoms with van der Waals surface area (Å²) in [6.07, 6.45) is 2.37. The number of amides is 1. The highest BCUT2D eigenvalue weighted by atomic mass is 16.5. The Labute approximate surface area is 184 Å². The first-order valence-corrected chi connectivity index (χ1v) is 10.8. The van der Waals surface area contributed by atoms with E-state index in [2.05, 4.69) is 10.2 Å². The molecule has 1 N–H and O–H groups in total. The van der Waals surface area contributed by atoms with E-state index in [1.54, 1.807) is 7.11 Å². The molecule has 0 aliphatic carbocycles. The van der Waals surface area contributed by atoms with Crippen molar-refractivity contribution in [3.8, 4) is 5.75 Å². The number of methoxy groups -OCH3 is 1. The molecule has 2 aromatic carbocycles. The fourth-order valence-electron chi connectivity index (χ4n) is 4.36. The first-order valence-electron chi connectivity index (χ1n) is 10.8. The highest BCUT2D eigenvalue weighted by Gasteiger charge is 2.43. The maximum atomic E-state index is 13.1. The number of nitrogens with zero attached hydrogens (tertiary/aromatic N) is 1. The van der Waals surface area contributed by atoms with Gasteiger partial charge in [0.05, 0.1) is 19.1 Å². The Morgan fingerprint density at radius 3 is 2.58 bits per heavy atom. The molecule has 6 nitrogen and oxygen atoms in total. The van der Waals surface area contributed by atoms with Gasteiger partial charge in [0.2, 0.25) is 5.91 Å². The van der Waals surface area contributed by atoms with E-state index >= 15 is 0 Å². The van der Waals surface area contributed by atoms with Crippen molar-refractivity contribution < 1.29 is 19.1 Å². The van der Waals surface area contributed by atoms with Crippen molar-refractivity contribution in [2.24, 2.45) is 5.41 Å². The van der Waals surface area contributed by atoms with E-state index in [4.69, 9.17) is 9.47 Å². The number of likely N-dealkylation sites (tertiary alicyclic amines) is 1. The lowest BCUT2D eigenvalue weighted by Gasteiger charge is -2.41. The second kappa shape index (κ2) is 10.4. The van der Waals surface area contributed by atoms with Gasteiger partial charge in [-0.15, -0.1) is 0 Å². The van der Waals surface area contributed by atoms with Gasteiger partial charge in [-0.25, -0.2) is 0 Å². The summed E-state index contributed by atoms with van der Waals surface area (Å²) in [6, 6.07) is 15.8. The Morgan fingerprint density at radius 1 is 1.13 bits per heavy atom. The van der Waals surface area contributed by atoms with E-state index in [9.17, 15) is 9.59 Å². The summed E-state index contributed by atoms with van der Waals surface area (Å²) in [4.78, 5) is 26.7. The van der Waals surface area contributed by atoms with Crippen LogP contribution in [-0.2, 0) is 27.3 Å². The maximum Gasteiger partial charge on any atom is 0.313 e. The van der Waals surface area contributed by atoms with Crippen LogP contribution in [0, 0.1) is 5.41 Å². The molecule has 1 fully saturated rings. The molecule has 0 unspecified atom stereocenters. The molecule has 3 rings (SSSR count). The molecule has 2 aromatic rings. The Kier molecular flexibility index (Phi) is 7.69. The number of hydrogen-bond donors (Lipinski definition) is 1. The predicted molar refractivity (Wildman–Crippen MR) is 121 cm³/mol. The van der Waals surface area contributed by atoms with Gasteiger partial charge in [-0.2, -0.15) is 0 Å². The lowest BCUT2D eigenvalue weighted by molar-refractivity contribution is -0.159. The minimum Gasteiger partial charge on any atom is -0.497 e. The number of anilines is 1. The van der Waals surface area contributed by atoms with E-state index in [-0.39, 0.29) is 11.9 Å². The largest absolute Gasteiger partial charge is 0.497 e. The van der Waals surface area contributed by atoms with Crippen LogP contribution in [0.1, 0.15) is 37.8 Å². The predicted octanol–water partition coefficient (Wildman–Crippen LogP) is 4.04. The summed E-state index contributed by atoms with van der Waals surface area (Å²) >= 11 is 0. The molecule has 31 heavy (non-hydrogen) atoms. The molecule has 6 heteroatoms. The van der Waals surface area contributed by atoms with Crippen LogP contribution in [0.15, 0.2) is 48.5 Å². The minimum atomic E-state index is -0.573. The van der Waals surface area contributed by atoms with Crippen LogP contribution < -0.4 is 10.1 Å². The average Bonchev–Trinajstić information content (AvgIpc) is 2.75. The second-order valence-corrected chi connectivity index (χ2v) is 8.22. The number of nitrogens with one attached hydrogen (secondary N) is 1. The van der Waals surface area contributed by atoms with Gasteiger partial charge in [-0.3, -0.25) is 14.5 Å². The molecular weight excluding hydrogens is 392 g/mol. The molecule has 0 aromatic heterocycles. The Bertz CT molecular complexity index is 897. The molecule has 0 radical (unpaired) electrons. The molecule has 0 bridgehead atoms. The maximum absolute atomic E-state index is 13.1. The van der Waals surface area contributed by atoms with Crippen LogP contribution in [0.5, 0.6) is 5.75 Å². The summed E-state index contributed by atoms with van der Waals surface area (Å²) in [5, 5.41) is 2.79. The Hall–Kier alpha value is -2.86. The normalized spacial score (nSPS) is 18.9. The quantitative estimate of drug-likeness (QED) is 0.648. The summed E-state index contributed by atoms with van der Waals surface area (Å²) < 4.78 is 10.9. The van der Waals surface area contributed by atoms with Crippen LogP contribution in [0.25, 0.3) is 0 Å². The standard InChI is InChI=1S/C25H32N2O4/c1-4-31-24(29)25(16-21-7-5-8-23(15-21)30-3)13-6-14-27(18-25)17-20-9-11-22(12-10-20)26-19(2)28/h5,7-12,15H,4,6,13-14,16-18H2,1-3H3,(H,26,28)/t25-/m1/s1. The van der Waals surface area contributed by atoms with Crippen LogP contribution in [0.4, 0.5) is 5.69 Å². The number of hydrogen-bond acceptors (Lipinski definition) is 5. The van der Waals surface area contributed by atoms with Crippen molar-refractivity contribution in [2.75, 3.05) is 32.1 Å². The van der Waals surface area contributed by atoms with Gasteiger partial charge in [0.1, 0.15) is 5.75 Å². The summed E-state index contributed by atoms with van der Waals surface area (Å²) in [7, 11) is 1.65. The molecule has 1 aliphatic rings. The monoisotopic (exact) mass is 424 g/mol. The fraction of sp³-hybridized carbons (Fsp3) is 0.440. The summed E-state index contributed by atoms with van der Waals surface area (Å²) in [6.45, 7) is 6.07. The van der Waals surface area contributed by atoms with Crippen molar-refractivity contribution in [1.82, 2.24) is 4.90 Å². The third-order valence-corrected chi connectivity index (χ3v) is 5.72. The number of rotatable bonds is 8. The number of carbonyl (C=O) groups excluding carboxylic acids is 2. The number of piperidine rings is 1. The van der Waals surface area contributed by atoms with Crippen LogP contribution >= 0.6 is 0 Å². The van der Waals surface area contributed by atoms with Crippen molar-refractivity contribution in [1.29, 1.82) is 0 Å². The third-order valence-electron chi connectivity index (χ3n) is 5.72. The van der Waals surface area contributed by atoms with Gasteiger partial charge in [-0.1, -0.05) is 24.3 Å². The summed E-state index contributed by atoms with van der Waals surface area (Å²) in [5.74, 6) is 0.590. The highest BCUT2D eigenvalue weighted by molar-refractivity contribution is 5.88. The Morgan fingerprint density at radius 2 is 1.90 bits per heavy atom. The van der Waals surface area contributed by atoms with Crippen LogP contribution in [-0.4, -0.2) is 43.6 Å². The molecule has 1 heterocycles. The highest BCUT2D eigenvalue weighted by Crippen LogP contribution is 2.36. The van der Waals surface area contributed by atoms with Gasteiger partial charge in [-0.05, 0) is 68.1 Å². The fourth-order valence-corrected chi connectivity index (χ4v) is 4.36. The van der Waals surface area contributed by atoms with Gasteiger partial charge in [0.15, 0.2) is 0 Å². The molecule has 1 saturated heterocycles. The first kappa shape index (κ1) is 22.8. The molecule has 0 spiro atoms. The van der Waals surface area contributed by atoms with Crippen molar-refractivity contribution >= 4 is 17.6 Å². The van der Waals surface area contributed by atoms with Gasteiger partial charge in [0.25, 0.3) is 0 Å². The second-order valence-electron chi connectivity index (χ2n) is 8.22. The van der Waals surface area contributed by atoms with E-state index in [1.165, 1.54) is 6.92 Å². The van der Waals surface area contributed by atoms with Crippen LogP contribution in [0.3, 0.4) is 0 Å². The van der Waals surface area contributed by atoms with Crippen molar-refractivity contribution in [3.63, 3.8) is 0 Å². The first-order chi connectivity index (χ1) is 14.9. The van der Waals surface area contributed by atoms with E-state index in [1.807, 2.05) is 55.5 Å². The molecule has 0 saturated carbocycles. The molecule has 1 aliphatic heterocycles. The number of benzene rings is 2. The van der Waals surface area contributed by atoms with Crippen molar-refractivity contribution in [2.45, 2.75) is 39.7 Å². The number of carbonyl (C=O) groups is 2. The zero-order valence-corrected chi connectivity index (χ0v) is 18.6. The zero-order chi connectivity index (χ0) is 22.3. The SMILES string of the molecule is CCOC(=O)[C@@]1(Cc2cccc(OC)c2)CCCN(Cc2ccc(NC(C)=O)cc2)C1. The van der Waals surface area contributed by atoms with Gasteiger partial charge < -0.3 is 14.8 Å². The van der Waals surface area contributed by atoms with Gasteiger partial charge >= 0.3 is 5.97 Å². The lowest BCUT2D eigenvalue weighted by Crippen LogP contribution is -2.49.